The van der Waals surface area contributed by atoms with Gasteiger partial charge in [-0.25, -0.2) is 4.39 Å². The van der Waals surface area contributed by atoms with Gasteiger partial charge in [0.2, 0.25) is 5.91 Å². The molecule has 0 bridgehead atoms. The Labute approximate surface area is 108 Å². The minimum absolute atomic E-state index is 0.0717. The van der Waals surface area contributed by atoms with E-state index in [4.69, 9.17) is 5.73 Å². The predicted octanol–water partition coefficient (Wildman–Crippen LogP) is -0.105. The summed E-state index contributed by atoms with van der Waals surface area (Å²) in [4.78, 5) is 35.7. The number of nitrogens with zero attached hydrogens (tertiary/aromatic N) is 1. The van der Waals surface area contributed by atoms with Crippen LogP contribution in [0.5, 0.6) is 0 Å². The summed E-state index contributed by atoms with van der Waals surface area (Å²) in [6.07, 6.45) is -0.0717. The van der Waals surface area contributed by atoms with Crippen molar-refractivity contribution in [3.63, 3.8) is 0 Å². The first kappa shape index (κ1) is 13.0. The van der Waals surface area contributed by atoms with E-state index in [1.807, 2.05) is 0 Å². The lowest BCUT2D eigenvalue weighted by Gasteiger charge is -2.11. The van der Waals surface area contributed by atoms with Crippen LogP contribution in [0.3, 0.4) is 0 Å². The van der Waals surface area contributed by atoms with Gasteiger partial charge in [-0.1, -0.05) is 0 Å². The zero-order valence-electron chi connectivity index (χ0n) is 10.1. The van der Waals surface area contributed by atoms with Crippen LogP contribution in [0.2, 0.25) is 0 Å². The van der Waals surface area contributed by atoms with Gasteiger partial charge in [0.05, 0.1) is 12.1 Å². The molecule has 0 radical (unpaired) electrons. The number of likely N-dealkylation sites (tertiary alicyclic amines) is 1. The minimum atomic E-state index is -0.878. The lowest BCUT2D eigenvalue weighted by Crippen LogP contribution is -2.40. The average Bonchev–Trinajstić information content (AvgIpc) is 2.60. The molecule has 0 aromatic heterocycles. The molecular weight excluding hydrogens is 253 g/mol. The number of hydrogen-bond acceptors (Lipinski definition) is 4. The van der Waals surface area contributed by atoms with Gasteiger partial charge in [0.1, 0.15) is 11.9 Å². The van der Waals surface area contributed by atoms with Gasteiger partial charge in [0, 0.05) is 12.6 Å². The van der Waals surface area contributed by atoms with Crippen LogP contribution >= 0.6 is 0 Å². The number of rotatable bonds is 2. The summed E-state index contributed by atoms with van der Waals surface area (Å²) >= 11 is 0. The summed E-state index contributed by atoms with van der Waals surface area (Å²) in [6.45, 7) is 0. The van der Waals surface area contributed by atoms with Crippen LogP contribution < -0.4 is 11.1 Å². The molecule has 7 heteroatoms. The molecule has 1 aromatic rings. The number of amides is 3. The molecule has 0 aliphatic carbocycles. The molecule has 19 heavy (non-hydrogen) atoms. The Hall–Kier alpha value is -2.44. The molecule has 1 aliphatic rings. The SMILES string of the molecule is CN1C(=O)CC(NC(=O)c2ccc(F)c(N)c2)C1=O. The van der Waals surface area contributed by atoms with Gasteiger partial charge in [0.25, 0.3) is 11.8 Å². The van der Waals surface area contributed by atoms with Gasteiger partial charge in [-0.05, 0) is 18.2 Å². The molecule has 3 amide bonds. The summed E-state index contributed by atoms with van der Waals surface area (Å²) in [5.74, 6) is -2.01. The number of carbonyl (C=O) groups is 3. The number of anilines is 1. The van der Waals surface area contributed by atoms with E-state index in [2.05, 4.69) is 5.32 Å². The van der Waals surface area contributed by atoms with E-state index in [1.165, 1.54) is 19.2 Å². The largest absolute Gasteiger partial charge is 0.396 e. The van der Waals surface area contributed by atoms with Crippen molar-refractivity contribution >= 4 is 23.4 Å². The Morgan fingerprint density at radius 2 is 2.16 bits per heavy atom. The lowest BCUT2D eigenvalue weighted by molar-refractivity contribution is -0.137. The maximum absolute atomic E-state index is 13.0. The molecule has 0 spiro atoms. The number of nitrogens with one attached hydrogen (secondary N) is 1. The van der Waals surface area contributed by atoms with Crippen molar-refractivity contribution in [3.8, 4) is 0 Å². The highest BCUT2D eigenvalue weighted by atomic mass is 19.1. The molecule has 1 fully saturated rings. The van der Waals surface area contributed by atoms with Gasteiger partial charge in [-0.15, -0.1) is 0 Å². The van der Waals surface area contributed by atoms with E-state index in [-0.39, 0.29) is 23.6 Å². The smallest absolute Gasteiger partial charge is 0.252 e. The first-order valence-corrected chi connectivity index (χ1v) is 5.56. The fourth-order valence-corrected chi connectivity index (χ4v) is 1.79. The molecule has 1 aliphatic heterocycles. The van der Waals surface area contributed by atoms with Gasteiger partial charge < -0.3 is 11.1 Å². The van der Waals surface area contributed by atoms with Crippen LogP contribution in [-0.4, -0.2) is 35.7 Å². The van der Waals surface area contributed by atoms with Gasteiger partial charge in [0.15, 0.2) is 0 Å². The van der Waals surface area contributed by atoms with E-state index < -0.39 is 23.7 Å². The second-order valence-corrected chi connectivity index (χ2v) is 4.26. The third kappa shape index (κ3) is 2.40. The standard InChI is InChI=1S/C12H12FN3O3/c1-16-10(17)5-9(12(16)19)15-11(18)6-2-3-7(13)8(14)4-6/h2-4,9H,5,14H2,1H3,(H,15,18). The summed E-state index contributed by atoms with van der Waals surface area (Å²) in [6, 6.07) is 2.62. The molecule has 3 N–H and O–H groups in total. The van der Waals surface area contributed by atoms with Gasteiger partial charge >= 0.3 is 0 Å². The minimum Gasteiger partial charge on any atom is -0.396 e. The van der Waals surface area contributed by atoms with Crippen molar-refractivity contribution in [1.82, 2.24) is 10.2 Å². The number of likely N-dealkylation sites (N-methyl/N-ethyl adjacent to an activating group) is 1. The summed E-state index contributed by atoms with van der Waals surface area (Å²) in [7, 11) is 1.35. The van der Waals surface area contributed by atoms with Crippen molar-refractivity contribution in [3.05, 3.63) is 29.6 Å². The quantitative estimate of drug-likeness (QED) is 0.576. The maximum atomic E-state index is 13.0. The fourth-order valence-electron chi connectivity index (χ4n) is 1.79. The second-order valence-electron chi connectivity index (χ2n) is 4.26. The highest BCUT2D eigenvalue weighted by Crippen LogP contribution is 2.14. The van der Waals surface area contributed by atoms with Crippen molar-refractivity contribution in [2.45, 2.75) is 12.5 Å². The normalized spacial score (nSPS) is 18.8. The number of nitrogens with two attached hydrogens (primary N) is 1. The summed E-state index contributed by atoms with van der Waals surface area (Å²) < 4.78 is 13.0. The number of nitrogen functional groups attached to an aromatic ring is 1. The first-order chi connectivity index (χ1) is 8.90. The molecule has 1 aromatic carbocycles. The van der Waals surface area contributed by atoms with E-state index in [0.717, 1.165) is 11.0 Å². The van der Waals surface area contributed by atoms with Crippen molar-refractivity contribution in [2.75, 3.05) is 12.8 Å². The predicted molar refractivity (Wildman–Crippen MR) is 64.5 cm³/mol. The second kappa shape index (κ2) is 4.68. The Morgan fingerprint density at radius 3 is 2.68 bits per heavy atom. The third-order valence-electron chi connectivity index (χ3n) is 2.95. The van der Waals surface area contributed by atoms with Crippen LogP contribution in [0.15, 0.2) is 18.2 Å². The van der Waals surface area contributed by atoms with Crippen LogP contribution in [0.25, 0.3) is 0 Å². The average molecular weight is 265 g/mol. The van der Waals surface area contributed by atoms with E-state index >= 15 is 0 Å². The number of hydrogen-bond donors (Lipinski definition) is 2. The molecule has 1 heterocycles. The monoisotopic (exact) mass is 265 g/mol. The Bertz CT molecular complexity index is 573. The van der Waals surface area contributed by atoms with E-state index in [0.29, 0.717) is 0 Å². The van der Waals surface area contributed by atoms with Crippen molar-refractivity contribution < 1.29 is 18.8 Å². The first-order valence-electron chi connectivity index (χ1n) is 5.56. The molecule has 1 saturated heterocycles. The van der Waals surface area contributed by atoms with Crippen molar-refractivity contribution in [1.29, 1.82) is 0 Å². The zero-order valence-corrected chi connectivity index (χ0v) is 10.1. The number of imide groups is 1. The summed E-state index contributed by atoms with van der Waals surface area (Å²) in [5.41, 5.74) is 5.33. The molecule has 2 rings (SSSR count). The molecule has 1 atom stereocenters. The van der Waals surface area contributed by atoms with Gasteiger partial charge in [-0.2, -0.15) is 0 Å². The number of halogens is 1. The molecule has 0 saturated carbocycles. The van der Waals surface area contributed by atoms with E-state index in [9.17, 15) is 18.8 Å². The van der Waals surface area contributed by atoms with Crippen LogP contribution in [0.4, 0.5) is 10.1 Å². The Balaban J connectivity index is 2.11. The summed E-state index contributed by atoms with van der Waals surface area (Å²) in [5, 5.41) is 2.42. The van der Waals surface area contributed by atoms with Crippen molar-refractivity contribution in [2.24, 2.45) is 0 Å². The Kier molecular flexibility index (Phi) is 3.20. The molecule has 1 unspecified atom stereocenters. The molecule has 6 nitrogen and oxygen atoms in total. The zero-order chi connectivity index (χ0) is 14.2. The number of carbonyl (C=O) groups excluding carboxylic acids is 3. The van der Waals surface area contributed by atoms with E-state index in [1.54, 1.807) is 0 Å². The highest BCUT2D eigenvalue weighted by molar-refractivity contribution is 6.08. The fraction of sp³-hybridized carbons (Fsp3) is 0.250. The molecular formula is C12H12FN3O3. The topological polar surface area (TPSA) is 92.5 Å². The van der Waals surface area contributed by atoms with Crippen LogP contribution in [0, 0.1) is 5.82 Å². The maximum Gasteiger partial charge on any atom is 0.252 e. The molecule has 100 valence electrons. The van der Waals surface area contributed by atoms with Crippen LogP contribution in [-0.2, 0) is 9.59 Å². The number of benzene rings is 1. The lowest BCUT2D eigenvalue weighted by atomic mass is 10.1. The van der Waals surface area contributed by atoms with Crippen LogP contribution in [0.1, 0.15) is 16.8 Å². The third-order valence-corrected chi connectivity index (χ3v) is 2.95. The highest BCUT2D eigenvalue weighted by Gasteiger charge is 2.37. The van der Waals surface area contributed by atoms with Gasteiger partial charge in [-0.3, -0.25) is 19.3 Å². The Morgan fingerprint density at radius 1 is 1.47 bits per heavy atom.